The number of carbonyl (C=O) groups excluding carboxylic acids is 1. The largest absolute Gasteiger partial charge is 0.489 e. The highest BCUT2D eigenvalue weighted by Crippen LogP contribution is 2.37. The molecule has 7 nitrogen and oxygen atoms in total. The number of benzene rings is 3. The molecular formula is C29H29N5O2S. The van der Waals surface area contributed by atoms with Crippen LogP contribution in [0.4, 0.5) is 11.6 Å². The highest BCUT2D eigenvalue weighted by Gasteiger charge is 2.34. The van der Waals surface area contributed by atoms with Gasteiger partial charge in [0.1, 0.15) is 18.4 Å². The lowest BCUT2D eigenvalue weighted by atomic mass is 9.95. The van der Waals surface area contributed by atoms with Crippen molar-refractivity contribution in [3.05, 3.63) is 107 Å². The van der Waals surface area contributed by atoms with Gasteiger partial charge in [-0.2, -0.15) is 4.98 Å². The molecule has 1 amide bonds. The first-order valence-corrected chi connectivity index (χ1v) is 13.3. The van der Waals surface area contributed by atoms with Gasteiger partial charge < -0.3 is 15.4 Å². The maximum absolute atomic E-state index is 13.6. The number of hydrogen-bond donors (Lipinski definition) is 2. The number of aromatic nitrogens is 3. The van der Waals surface area contributed by atoms with E-state index >= 15 is 0 Å². The molecule has 0 fully saturated rings. The fourth-order valence-corrected chi connectivity index (χ4v) is 4.88. The minimum atomic E-state index is -0.438. The smallest absolute Gasteiger partial charge is 0.255 e. The van der Waals surface area contributed by atoms with E-state index in [0.29, 0.717) is 23.3 Å². The van der Waals surface area contributed by atoms with Gasteiger partial charge in [0, 0.05) is 17.1 Å². The van der Waals surface area contributed by atoms with Crippen LogP contribution >= 0.6 is 11.8 Å². The number of ether oxygens (including phenoxy) is 1. The van der Waals surface area contributed by atoms with Gasteiger partial charge in [-0.3, -0.25) is 4.79 Å². The number of hydrogen-bond acceptors (Lipinski definition) is 6. The first-order chi connectivity index (χ1) is 18.1. The zero-order valence-electron chi connectivity index (χ0n) is 20.8. The zero-order chi connectivity index (χ0) is 25.6. The normalized spacial score (nSPS) is 14.6. The SMILES string of the molecule is CCCSc1nc2n(n1)C(c1ccc(OCc3ccccc3)cc1)C(C(=O)Nc1ccccc1)=C(C)N2. The molecule has 37 heavy (non-hydrogen) atoms. The van der Waals surface area contributed by atoms with Gasteiger partial charge in [-0.25, -0.2) is 4.68 Å². The summed E-state index contributed by atoms with van der Waals surface area (Å²) in [5, 5.41) is 11.8. The number of nitrogens with zero attached hydrogens (tertiary/aromatic N) is 3. The van der Waals surface area contributed by atoms with Gasteiger partial charge in [0.2, 0.25) is 11.1 Å². The second-order valence-corrected chi connectivity index (χ2v) is 9.80. The summed E-state index contributed by atoms with van der Waals surface area (Å²) in [7, 11) is 0. The quantitative estimate of drug-likeness (QED) is 0.257. The van der Waals surface area contributed by atoms with Crippen molar-refractivity contribution in [3.8, 4) is 5.75 Å². The number of nitrogens with one attached hydrogen (secondary N) is 2. The number of para-hydroxylation sites is 1. The molecule has 2 heterocycles. The molecular weight excluding hydrogens is 482 g/mol. The molecule has 188 valence electrons. The molecule has 1 atom stereocenters. The third kappa shape index (κ3) is 5.70. The number of anilines is 2. The van der Waals surface area contributed by atoms with Gasteiger partial charge in [0.25, 0.3) is 5.91 Å². The van der Waals surface area contributed by atoms with Crippen LogP contribution in [0.5, 0.6) is 5.75 Å². The molecule has 0 spiro atoms. The van der Waals surface area contributed by atoms with E-state index in [2.05, 4.69) is 22.5 Å². The Balaban J connectivity index is 1.45. The van der Waals surface area contributed by atoms with Gasteiger partial charge in [-0.05, 0) is 48.7 Å². The van der Waals surface area contributed by atoms with E-state index in [1.165, 1.54) is 0 Å². The first-order valence-electron chi connectivity index (χ1n) is 12.3. The summed E-state index contributed by atoms with van der Waals surface area (Å²) < 4.78 is 7.80. The standard InChI is InChI=1S/C29H29N5O2S/c1-3-18-37-29-32-28-30-20(2)25(27(35)31-23-12-8-5-9-13-23)26(34(28)33-29)22-14-16-24(17-15-22)36-19-21-10-6-4-7-11-21/h4-17,26H,3,18-19H2,1-2H3,(H,31,35)(H,30,32,33). The van der Waals surface area contributed by atoms with Crippen LogP contribution in [0.1, 0.15) is 37.4 Å². The Morgan fingerprint density at radius 2 is 1.73 bits per heavy atom. The van der Waals surface area contributed by atoms with Crippen molar-refractivity contribution in [2.75, 3.05) is 16.4 Å². The number of fused-ring (bicyclic) bond motifs is 1. The Bertz CT molecular complexity index is 1390. The van der Waals surface area contributed by atoms with Crippen molar-refractivity contribution < 1.29 is 9.53 Å². The molecule has 4 aromatic rings. The summed E-state index contributed by atoms with van der Waals surface area (Å²) >= 11 is 1.61. The Morgan fingerprint density at radius 3 is 2.43 bits per heavy atom. The van der Waals surface area contributed by atoms with Crippen molar-refractivity contribution in [1.29, 1.82) is 0 Å². The van der Waals surface area contributed by atoms with Crippen LogP contribution in [-0.4, -0.2) is 26.4 Å². The van der Waals surface area contributed by atoms with Crippen LogP contribution in [0.25, 0.3) is 0 Å². The number of carbonyl (C=O) groups is 1. The third-order valence-electron chi connectivity index (χ3n) is 5.99. The number of amides is 1. The maximum Gasteiger partial charge on any atom is 0.255 e. The highest BCUT2D eigenvalue weighted by atomic mass is 32.2. The average Bonchev–Trinajstić information content (AvgIpc) is 3.33. The summed E-state index contributed by atoms with van der Waals surface area (Å²) in [5.41, 5.74) is 4.10. The molecule has 0 bridgehead atoms. The lowest BCUT2D eigenvalue weighted by molar-refractivity contribution is -0.113. The minimum absolute atomic E-state index is 0.186. The lowest BCUT2D eigenvalue weighted by Crippen LogP contribution is -2.31. The molecule has 8 heteroatoms. The molecule has 1 aliphatic rings. The summed E-state index contributed by atoms with van der Waals surface area (Å²) in [5.74, 6) is 2.13. The summed E-state index contributed by atoms with van der Waals surface area (Å²) in [6, 6.07) is 26.9. The fourth-order valence-electron chi connectivity index (χ4n) is 4.20. The monoisotopic (exact) mass is 511 g/mol. The molecule has 1 aromatic heterocycles. The average molecular weight is 512 g/mol. The third-order valence-corrected chi connectivity index (χ3v) is 7.03. The fraction of sp³-hybridized carbons (Fsp3) is 0.207. The predicted molar refractivity (Wildman–Crippen MR) is 148 cm³/mol. The van der Waals surface area contributed by atoms with E-state index < -0.39 is 6.04 Å². The Hall–Kier alpha value is -4.04. The molecule has 0 aliphatic carbocycles. The molecule has 0 saturated carbocycles. The van der Waals surface area contributed by atoms with Crippen molar-refractivity contribution >= 4 is 29.3 Å². The summed E-state index contributed by atoms with van der Waals surface area (Å²) in [4.78, 5) is 18.3. The van der Waals surface area contributed by atoms with E-state index in [1.807, 2.05) is 96.5 Å². The predicted octanol–water partition coefficient (Wildman–Crippen LogP) is 6.29. The minimum Gasteiger partial charge on any atom is -0.489 e. The maximum atomic E-state index is 13.6. The van der Waals surface area contributed by atoms with Crippen LogP contribution in [0, 0.1) is 0 Å². The number of thioether (sulfide) groups is 1. The molecule has 2 N–H and O–H groups in total. The molecule has 5 rings (SSSR count). The lowest BCUT2D eigenvalue weighted by Gasteiger charge is -2.28. The number of allylic oxidation sites excluding steroid dienone is 1. The zero-order valence-corrected chi connectivity index (χ0v) is 21.7. The molecule has 1 aliphatic heterocycles. The van der Waals surface area contributed by atoms with Gasteiger partial charge in [-0.15, -0.1) is 5.10 Å². The summed E-state index contributed by atoms with van der Waals surface area (Å²) in [6.45, 7) is 4.52. The van der Waals surface area contributed by atoms with Gasteiger partial charge in [-0.1, -0.05) is 79.3 Å². The Labute approximate surface area is 221 Å². The molecule has 0 saturated heterocycles. The van der Waals surface area contributed by atoms with Crippen molar-refractivity contribution in [1.82, 2.24) is 14.8 Å². The van der Waals surface area contributed by atoms with E-state index in [4.69, 9.17) is 9.84 Å². The van der Waals surface area contributed by atoms with E-state index in [-0.39, 0.29) is 5.91 Å². The van der Waals surface area contributed by atoms with E-state index in [9.17, 15) is 4.79 Å². The van der Waals surface area contributed by atoms with Crippen LogP contribution in [0.15, 0.2) is 101 Å². The Kier molecular flexibility index (Phi) is 7.56. The molecule has 3 aromatic carbocycles. The number of rotatable bonds is 9. The Morgan fingerprint density at radius 1 is 1.03 bits per heavy atom. The second-order valence-electron chi connectivity index (χ2n) is 8.74. The van der Waals surface area contributed by atoms with E-state index in [1.54, 1.807) is 11.8 Å². The van der Waals surface area contributed by atoms with Crippen molar-refractivity contribution in [2.45, 2.75) is 38.1 Å². The molecule has 0 radical (unpaired) electrons. The summed E-state index contributed by atoms with van der Waals surface area (Å²) in [6.07, 6.45) is 1.03. The first kappa shape index (κ1) is 24.6. The second kappa shape index (κ2) is 11.3. The van der Waals surface area contributed by atoms with Crippen molar-refractivity contribution in [3.63, 3.8) is 0 Å². The van der Waals surface area contributed by atoms with E-state index in [0.717, 1.165) is 40.4 Å². The molecule has 1 unspecified atom stereocenters. The van der Waals surface area contributed by atoms with Gasteiger partial charge >= 0.3 is 0 Å². The van der Waals surface area contributed by atoms with Gasteiger partial charge in [0.15, 0.2) is 0 Å². The van der Waals surface area contributed by atoms with Crippen LogP contribution in [0.2, 0.25) is 0 Å². The van der Waals surface area contributed by atoms with Crippen LogP contribution in [-0.2, 0) is 11.4 Å². The topological polar surface area (TPSA) is 81.1 Å². The highest BCUT2D eigenvalue weighted by molar-refractivity contribution is 7.99. The van der Waals surface area contributed by atoms with Crippen molar-refractivity contribution in [2.24, 2.45) is 0 Å². The van der Waals surface area contributed by atoms with Crippen LogP contribution in [0.3, 0.4) is 0 Å². The van der Waals surface area contributed by atoms with Gasteiger partial charge in [0.05, 0.1) is 5.57 Å². The van der Waals surface area contributed by atoms with Crippen LogP contribution < -0.4 is 15.4 Å².